The average molecular weight is 286 g/mol. The third-order valence-corrected chi connectivity index (χ3v) is 4.33. The molecule has 0 saturated heterocycles. The third-order valence-electron chi connectivity index (χ3n) is 4.33. The number of aryl methyl sites for hydroxylation is 3. The number of fused-ring (bicyclic) bond motifs is 3. The van der Waals surface area contributed by atoms with Crippen LogP contribution in [0, 0.1) is 20.8 Å². The van der Waals surface area contributed by atoms with Gasteiger partial charge in [-0.2, -0.15) is 0 Å². The lowest BCUT2D eigenvalue weighted by molar-refractivity contribution is 1.19. The fourth-order valence-electron chi connectivity index (χ4n) is 3.48. The van der Waals surface area contributed by atoms with Crippen LogP contribution in [0.3, 0.4) is 0 Å². The van der Waals surface area contributed by atoms with E-state index in [0.29, 0.717) is 0 Å². The first kappa shape index (κ1) is 13.1. The molecule has 0 unspecified atom stereocenters. The van der Waals surface area contributed by atoms with Crippen molar-refractivity contribution in [3.63, 3.8) is 0 Å². The fourth-order valence-corrected chi connectivity index (χ4v) is 3.48. The van der Waals surface area contributed by atoms with Crippen molar-refractivity contribution in [1.82, 2.24) is 9.38 Å². The second-order valence-corrected chi connectivity index (χ2v) is 6.01. The van der Waals surface area contributed by atoms with Crippen molar-refractivity contribution in [2.24, 2.45) is 0 Å². The predicted molar refractivity (Wildman–Crippen MR) is 92.3 cm³/mol. The lowest BCUT2D eigenvalue weighted by atomic mass is 9.98. The maximum Gasteiger partial charge on any atom is 0.145 e. The number of benzene rings is 2. The molecule has 108 valence electrons. The van der Waals surface area contributed by atoms with Crippen LogP contribution in [0.2, 0.25) is 0 Å². The van der Waals surface area contributed by atoms with E-state index >= 15 is 0 Å². The summed E-state index contributed by atoms with van der Waals surface area (Å²) in [4.78, 5) is 4.69. The quantitative estimate of drug-likeness (QED) is 0.477. The van der Waals surface area contributed by atoms with Gasteiger partial charge in [0.25, 0.3) is 0 Å². The Morgan fingerprint density at radius 2 is 1.64 bits per heavy atom. The molecule has 0 aliphatic heterocycles. The maximum absolute atomic E-state index is 4.69. The average Bonchev–Trinajstić information content (AvgIpc) is 2.90. The van der Waals surface area contributed by atoms with Crippen molar-refractivity contribution in [2.75, 3.05) is 0 Å². The van der Waals surface area contributed by atoms with Crippen LogP contribution in [0.25, 0.3) is 27.7 Å². The van der Waals surface area contributed by atoms with E-state index in [-0.39, 0.29) is 0 Å². The van der Waals surface area contributed by atoms with Gasteiger partial charge in [0.1, 0.15) is 5.65 Å². The lowest BCUT2D eigenvalue weighted by Crippen LogP contribution is -1.94. The summed E-state index contributed by atoms with van der Waals surface area (Å²) in [7, 11) is 0. The van der Waals surface area contributed by atoms with Gasteiger partial charge in [-0.3, -0.25) is 4.40 Å². The number of aromatic nitrogens is 2. The molecule has 4 rings (SSSR count). The Hall–Kier alpha value is -2.61. The molecule has 0 N–H and O–H groups in total. The van der Waals surface area contributed by atoms with Crippen LogP contribution >= 0.6 is 0 Å². The molecule has 0 spiro atoms. The van der Waals surface area contributed by atoms with E-state index in [0.717, 1.165) is 11.3 Å². The summed E-state index contributed by atoms with van der Waals surface area (Å²) in [5, 5.41) is 2.42. The summed E-state index contributed by atoms with van der Waals surface area (Å²) in [5.74, 6) is 0. The largest absolute Gasteiger partial charge is 0.299 e. The molecule has 2 aromatic carbocycles. The van der Waals surface area contributed by atoms with Crippen molar-refractivity contribution in [3.05, 3.63) is 71.5 Å². The van der Waals surface area contributed by atoms with E-state index in [2.05, 4.69) is 73.8 Å². The molecule has 4 aromatic rings. The van der Waals surface area contributed by atoms with Crippen molar-refractivity contribution in [1.29, 1.82) is 0 Å². The van der Waals surface area contributed by atoms with Crippen molar-refractivity contribution < 1.29 is 0 Å². The zero-order chi connectivity index (χ0) is 15.3. The number of hydrogen-bond acceptors (Lipinski definition) is 1. The number of rotatable bonds is 1. The van der Waals surface area contributed by atoms with Crippen LogP contribution < -0.4 is 0 Å². The van der Waals surface area contributed by atoms with E-state index in [1.807, 2.05) is 6.20 Å². The molecule has 0 bridgehead atoms. The molecule has 0 saturated carbocycles. The molecule has 0 radical (unpaired) electrons. The highest BCUT2D eigenvalue weighted by molar-refractivity contribution is 5.95. The Balaban J connectivity index is 2.07. The minimum absolute atomic E-state index is 1.02. The monoisotopic (exact) mass is 286 g/mol. The van der Waals surface area contributed by atoms with Gasteiger partial charge >= 0.3 is 0 Å². The van der Waals surface area contributed by atoms with Crippen LogP contribution in [-0.4, -0.2) is 9.38 Å². The molecule has 2 nitrogen and oxygen atoms in total. The topological polar surface area (TPSA) is 17.3 Å². The van der Waals surface area contributed by atoms with Crippen molar-refractivity contribution in [2.45, 2.75) is 20.8 Å². The van der Waals surface area contributed by atoms with Gasteiger partial charge in [-0.25, -0.2) is 4.98 Å². The maximum atomic E-state index is 4.69. The van der Waals surface area contributed by atoms with Crippen LogP contribution in [0.15, 0.2) is 54.9 Å². The highest BCUT2D eigenvalue weighted by atomic mass is 15.0. The molecule has 2 aromatic heterocycles. The Bertz CT molecular complexity index is 986. The van der Waals surface area contributed by atoms with E-state index in [9.17, 15) is 0 Å². The summed E-state index contributed by atoms with van der Waals surface area (Å²) in [6.07, 6.45) is 4.12. The van der Waals surface area contributed by atoms with Crippen LogP contribution in [-0.2, 0) is 0 Å². The first-order valence-electron chi connectivity index (χ1n) is 7.58. The fraction of sp³-hybridized carbons (Fsp3) is 0.150. The Morgan fingerprint density at radius 1 is 0.909 bits per heavy atom. The lowest BCUT2D eigenvalue weighted by Gasteiger charge is -2.11. The molecule has 0 fully saturated rings. The van der Waals surface area contributed by atoms with Crippen LogP contribution in [0.5, 0.6) is 0 Å². The zero-order valence-electron chi connectivity index (χ0n) is 13.1. The molecule has 0 atom stereocenters. The smallest absolute Gasteiger partial charge is 0.145 e. The van der Waals surface area contributed by atoms with Crippen molar-refractivity contribution in [3.8, 4) is 11.3 Å². The number of pyridine rings is 1. The minimum atomic E-state index is 1.02. The first-order chi connectivity index (χ1) is 10.6. The molecule has 0 amide bonds. The zero-order valence-corrected chi connectivity index (χ0v) is 13.1. The van der Waals surface area contributed by atoms with Gasteiger partial charge in [-0.05, 0) is 43.4 Å². The van der Waals surface area contributed by atoms with E-state index in [4.69, 9.17) is 4.98 Å². The van der Waals surface area contributed by atoms with Gasteiger partial charge in [0.05, 0.1) is 11.9 Å². The van der Waals surface area contributed by atoms with E-state index in [1.54, 1.807) is 0 Å². The minimum Gasteiger partial charge on any atom is -0.299 e. The summed E-state index contributed by atoms with van der Waals surface area (Å²) >= 11 is 0. The van der Waals surface area contributed by atoms with E-state index in [1.165, 1.54) is 33.0 Å². The molecular formula is C20H18N2. The summed E-state index contributed by atoms with van der Waals surface area (Å²) in [5.41, 5.74) is 7.37. The summed E-state index contributed by atoms with van der Waals surface area (Å²) < 4.78 is 2.20. The first-order valence-corrected chi connectivity index (χ1v) is 7.58. The SMILES string of the molecule is Cc1cc(C)c(-c2cnc3c4ccccc4ccn23)c(C)c1. The van der Waals surface area contributed by atoms with Gasteiger partial charge in [-0.1, -0.05) is 42.0 Å². The molecule has 22 heavy (non-hydrogen) atoms. The van der Waals surface area contributed by atoms with E-state index < -0.39 is 0 Å². The number of imidazole rings is 1. The van der Waals surface area contributed by atoms with Gasteiger partial charge in [0.2, 0.25) is 0 Å². The summed E-state index contributed by atoms with van der Waals surface area (Å²) in [6.45, 7) is 6.50. The molecule has 0 aliphatic rings. The van der Waals surface area contributed by atoms with Gasteiger partial charge in [0.15, 0.2) is 0 Å². The summed E-state index contributed by atoms with van der Waals surface area (Å²) in [6, 6.07) is 15.0. The number of nitrogens with zero attached hydrogens (tertiary/aromatic N) is 2. The predicted octanol–water partition coefficient (Wildman–Crippen LogP) is 5.08. The van der Waals surface area contributed by atoms with Crippen LogP contribution in [0.4, 0.5) is 0 Å². The number of hydrogen-bond donors (Lipinski definition) is 0. The Labute approximate surface area is 130 Å². The van der Waals surface area contributed by atoms with Gasteiger partial charge < -0.3 is 0 Å². The normalized spacial score (nSPS) is 11.4. The standard InChI is InChI=1S/C20H18N2/c1-13-10-14(2)19(15(3)11-13)18-12-21-20-17-7-5-4-6-16(17)8-9-22(18)20/h4-12H,1-3H3. The highest BCUT2D eigenvalue weighted by Crippen LogP contribution is 2.30. The third kappa shape index (κ3) is 1.84. The Kier molecular flexibility index (Phi) is 2.80. The Morgan fingerprint density at radius 3 is 2.41 bits per heavy atom. The highest BCUT2D eigenvalue weighted by Gasteiger charge is 2.13. The van der Waals surface area contributed by atoms with Gasteiger partial charge in [0, 0.05) is 17.1 Å². The molecule has 2 heteroatoms. The second kappa shape index (κ2) is 4.70. The van der Waals surface area contributed by atoms with Crippen LogP contribution in [0.1, 0.15) is 16.7 Å². The molecule has 0 aliphatic carbocycles. The van der Waals surface area contributed by atoms with Gasteiger partial charge in [-0.15, -0.1) is 0 Å². The second-order valence-electron chi connectivity index (χ2n) is 6.01. The molecule has 2 heterocycles. The van der Waals surface area contributed by atoms with Crippen molar-refractivity contribution >= 4 is 16.4 Å². The molecular weight excluding hydrogens is 268 g/mol.